The Morgan fingerprint density at radius 3 is 2.57 bits per heavy atom. The first-order valence-corrected chi connectivity index (χ1v) is 7.10. The number of nitrogens with zero attached hydrogens (tertiary/aromatic N) is 1. The zero-order valence-electron chi connectivity index (χ0n) is 11.7. The molecular formula is C17H18F2N2. The van der Waals surface area contributed by atoms with Gasteiger partial charge in [0.25, 0.3) is 0 Å². The smallest absolute Gasteiger partial charge is 0.126 e. The molecule has 0 radical (unpaired) electrons. The van der Waals surface area contributed by atoms with Crippen molar-refractivity contribution in [2.45, 2.75) is 18.5 Å². The molecule has 0 bridgehead atoms. The number of rotatable bonds is 3. The lowest BCUT2D eigenvalue weighted by molar-refractivity contribution is 0.323. The fourth-order valence-electron chi connectivity index (χ4n) is 3.01. The predicted octanol–water partition coefficient (Wildman–Crippen LogP) is 2.89. The Bertz CT molecular complexity index is 615. The number of nitrogens with two attached hydrogens (primary N) is 1. The van der Waals surface area contributed by atoms with E-state index in [1.807, 2.05) is 18.2 Å². The quantitative estimate of drug-likeness (QED) is 0.941. The second kappa shape index (κ2) is 5.92. The van der Waals surface area contributed by atoms with Gasteiger partial charge < -0.3 is 5.73 Å². The third-order valence-corrected chi connectivity index (χ3v) is 4.05. The minimum absolute atomic E-state index is 0.163. The van der Waals surface area contributed by atoms with E-state index in [0.29, 0.717) is 18.7 Å². The Balaban J connectivity index is 1.75. The number of hydrogen-bond acceptors (Lipinski definition) is 2. The lowest BCUT2D eigenvalue weighted by Gasteiger charge is -2.16. The minimum atomic E-state index is -0.417. The van der Waals surface area contributed by atoms with Crippen LogP contribution in [0.1, 0.15) is 17.0 Å². The van der Waals surface area contributed by atoms with Crippen molar-refractivity contribution in [1.82, 2.24) is 4.90 Å². The van der Waals surface area contributed by atoms with Crippen molar-refractivity contribution in [1.29, 1.82) is 0 Å². The monoisotopic (exact) mass is 288 g/mol. The van der Waals surface area contributed by atoms with Crippen molar-refractivity contribution < 1.29 is 8.78 Å². The topological polar surface area (TPSA) is 29.3 Å². The van der Waals surface area contributed by atoms with E-state index >= 15 is 0 Å². The van der Waals surface area contributed by atoms with Crippen LogP contribution in [0.5, 0.6) is 0 Å². The fourth-order valence-corrected chi connectivity index (χ4v) is 3.01. The van der Waals surface area contributed by atoms with Crippen LogP contribution in [0, 0.1) is 11.6 Å². The summed E-state index contributed by atoms with van der Waals surface area (Å²) in [6.45, 7) is 2.12. The Kier molecular flexibility index (Phi) is 3.99. The molecule has 0 amide bonds. The molecular weight excluding hydrogens is 270 g/mol. The van der Waals surface area contributed by atoms with Crippen LogP contribution >= 0.6 is 0 Å². The molecule has 2 aromatic carbocycles. The summed E-state index contributed by atoms with van der Waals surface area (Å²) in [6.07, 6.45) is 0. The van der Waals surface area contributed by atoms with Crippen LogP contribution in [0.2, 0.25) is 0 Å². The maximum Gasteiger partial charge on any atom is 0.126 e. The molecule has 1 aliphatic heterocycles. The summed E-state index contributed by atoms with van der Waals surface area (Å²) in [5, 5.41) is 0. The van der Waals surface area contributed by atoms with E-state index in [0.717, 1.165) is 12.6 Å². The molecule has 2 nitrogen and oxygen atoms in total. The van der Waals surface area contributed by atoms with E-state index in [4.69, 9.17) is 5.73 Å². The zero-order chi connectivity index (χ0) is 14.8. The average molecular weight is 288 g/mol. The van der Waals surface area contributed by atoms with E-state index < -0.39 is 5.82 Å². The number of likely N-dealkylation sites (tertiary alicyclic amines) is 1. The molecule has 21 heavy (non-hydrogen) atoms. The van der Waals surface area contributed by atoms with Crippen LogP contribution in [0.25, 0.3) is 0 Å². The Hall–Kier alpha value is -1.78. The van der Waals surface area contributed by atoms with Gasteiger partial charge in [-0.25, -0.2) is 8.78 Å². The first-order chi connectivity index (χ1) is 10.1. The van der Waals surface area contributed by atoms with Gasteiger partial charge in [0.15, 0.2) is 0 Å². The van der Waals surface area contributed by atoms with Gasteiger partial charge in [-0.2, -0.15) is 0 Å². The van der Waals surface area contributed by atoms with Crippen molar-refractivity contribution in [3.8, 4) is 0 Å². The van der Waals surface area contributed by atoms with E-state index in [1.54, 1.807) is 0 Å². The van der Waals surface area contributed by atoms with Gasteiger partial charge in [0.05, 0.1) is 0 Å². The van der Waals surface area contributed by atoms with Gasteiger partial charge in [-0.05, 0) is 29.3 Å². The van der Waals surface area contributed by atoms with Gasteiger partial charge in [0.2, 0.25) is 0 Å². The maximum absolute atomic E-state index is 13.9. The van der Waals surface area contributed by atoms with Crippen molar-refractivity contribution in [2.24, 2.45) is 5.73 Å². The van der Waals surface area contributed by atoms with Crippen molar-refractivity contribution >= 4 is 0 Å². The van der Waals surface area contributed by atoms with E-state index in [9.17, 15) is 8.78 Å². The highest BCUT2D eigenvalue weighted by atomic mass is 19.1. The van der Waals surface area contributed by atoms with Crippen LogP contribution in [-0.2, 0) is 6.54 Å². The van der Waals surface area contributed by atoms with Crippen LogP contribution in [0.4, 0.5) is 8.78 Å². The lowest BCUT2D eigenvalue weighted by Crippen LogP contribution is -2.29. The van der Waals surface area contributed by atoms with Crippen LogP contribution in [0.15, 0.2) is 48.5 Å². The molecule has 2 aromatic rings. The first kappa shape index (κ1) is 14.2. The van der Waals surface area contributed by atoms with E-state index in [1.165, 1.54) is 17.7 Å². The van der Waals surface area contributed by atoms with Gasteiger partial charge in [-0.15, -0.1) is 0 Å². The van der Waals surface area contributed by atoms with Gasteiger partial charge in [-0.3, -0.25) is 4.90 Å². The van der Waals surface area contributed by atoms with Gasteiger partial charge in [0, 0.05) is 31.6 Å². The summed E-state index contributed by atoms with van der Waals surface area (Å²) in [5.74, 6) is -0.956. The molecule has 0 aromatic heterocycles. The maximum atomic E-state index is 13.9. The van der Waals surface area contributed by atoms with Gasteiger partial charge in [0.1, 0.15) is 11.6 Å². The van der Waals surface area contributed by atoms with Crippen molar-refractivity contribution in [3.63, 3.8) is 0 Å². The normalized spacial score (nSPS) is 22.6. The highest BCUT2D eigenvalue weighted by Crippen LogP contribution is 2.29. The molecule has 1 heterocycles. The standard InChI is InChI=1S/C17H18F2N2/c18-13-6-7-16(19)14(8-13)15-10-21(11-17(15)20)9-12-4-2-1-3-5-12/h1-8,15,17H,9-11,20H2. The Morgan fingerprint density at radius 2 is 1.81 bits per heavy atom. The zero-order valence-corrected chi connectivity index (χ0v) is 11.7. The molecule has 4 heteroatoms. The molecule has 110 valence electrons. The van der Waals surface area contributed by atoms with Gasteiger partial charge >= 0.3 is 0 Å². The van der Waals surface area contributed by atoms with E-state index in [-0.39, 0.29) is 17.8 Å². The molecule has 2 unspecified atom stereocenters. The highest BCUT2D eigenvalue weighted by molar-refractivity contribution is 5.26. The Labute approximate surface area is 123 Å². The molecule has 1 aliphatic rings. The number of hydrogen-bond donors (Lipinski definition) is 1. The van der Waals surface area contributed by atoms with Crippen molar-refractivity contribution in [3.05, 3.63) is 71.3 Å². The predicted molar refractivity (Wildman–Crippen MR) is 78.8 cm³/mol. The lowest BCUT2D eigenvalue weighted by atomic mass is 9.94. The molecule has 3 rings (SSSR count). The molecule has 1 saturated heterocycles. The molecule has 2 N–H and O–H groups in total. The highest BCUT2D eigenvalue weighted by Gasteiger charge is 2.33. The summed E-state index contributed by atoms with van der Waals surface area (Å²) in [5.41, 5.74) is 7.73. The summed E-state index contributed by atoms with van der Waals surface area (Å²) in [4.78, 5) is 2.19. The van der Waals surface area contributed by atoms with Gasteiger partial charge in [-0.1, -0.05) is 30.3 Å². The number of halogens is 2. The van der Waals surface area contributed by atoms with Crippen molar-refractivity contribution in [2.75, 3.05) is 13.1 Å². The second-order valence-corrected chi connectivity index (χ2v) is 5.62. The van der Waals surface area contributed by atoms with Crippen LogP contribution < -0.4 is 5.73 Å². The molecule has 0 saturated carbocycles. The Morgan fingerprint density at radius 1 is 1.05 bits per heavy atom. The molecule has 2 atom stereocenters. The summed E-state index contributed by atoms with van der Waals surface area (Å²) < 4.78 is 27.3. The van der Waals surface area contributed by atoms with Crippen LogP contribution in [-0.4, -0.2) is 24.0 Å². The number of benzene rings is 2. The summed E-state index contributed by atoms with van der Waals surface area (Å²) >= 11 is 0. The minimum Gasteiger partial charge on any atom is -0.326 e. The summed E-state index contributed by atoms with van der Waals surface area (Å²) in [7, 11) is 0. The molecule has 0 aliphatic carbocycles. The third kappa shape index (κ3) is 3.12. The van der Waals surface area contributed by atoms with E-state index in [2.05, 4.69) is 17.0 Å². The molecule has 1 fully saturated rings. The third-order valence-electron chi connectivity index (χ3n) is 4.05. The fraction of sp³-hybridized carbons (Fsp3) is 0.294. The average Bonchev–Trinajstić information content (AvgIpc) is 2.83. The largest absolute Gasteiger partial charge is 0.326 e. The second-order valence-electron chi connectivity index (χ2n) is 5.62. The molecule has 0 spiro atoms. The van der Waals surface area contributed by atoms with Crippen LogP contribution in [0.3, 0.4) is 0 Å². The SMILES string of the molecule is NC1CN(Cc2ccccc2)CC1c1cc(F)ccc1F. The first-order valence-electron chi connectivity index (χ1n) is 7.10. The summed E-state index contributed by atoms with van der Waals surface area (Å²) in [6, 6.07) is 13.5.